The third kappa shape index (κ3) is 6.55. The van der Waals surface area contributed by atoms with Crippen LogP contribution in [-0.4, -0.2) is 23.8 Å². The molecule has 0 saturated heterocycles. The van der Waals surface area contributed by atoms with Crippen molar-refractivity contribution in [2.45, 2.75) is 59.2 Å². The standard InChI is InChI=1S/C16H27ClN2O2S/c1-11(2)16(6,10-18-14(20)21-15(3,4)5)19-8-13-7-12(17)9-22-13/h7,9,11,19H,8,10H2,1-6H3,(H,18,20). The lowest BCUT2D eigenvalue weighted by atomic mass is 9.88. The van der Waals surface area contributed by atoms with Crippen molar-refractivity contribution in [1.29, 1.82) is 0 Å². The summed E-state index contributed by atoms with van der Waals surface area (Å²) >= 11 is 7.57. The van der Waals surface area contributed by atoms with Gasteiger partial charge in [-0.3, -0.25) is 0 Å². The Kier molecular flexibility index (Phi) is 6.71. The quantitative estimate of drug-likeness (QED) is 0.801. The maximum absolute atomic E-state index is 11.8. The Morgan fingerprint density at radius 1 is 1.36 bits per heavy atom. The fraction of sp³-hybridized carbons (Fsp3) is 0.688. The summed E-state index contributed by atoms with van der Waals surface area (Å²) in [7, 11) is 0. The molecule has 0 aliphatic rings. The van der Waals surface area contributed by atoms with Crippen LogP contribution >= 0.6 is 22.9 Å². The monoisotopic (exact) mass is 346 g/mol. The molecular weight excluding hydrogens is 320 g/mol. The second-order valence-corrected chi connectivity index (χ2v) is 8.44. The lowest BCUT2D eigenvalue weighted by Gasteiger charge is -2.35. The van der Waals surface area contributed by atoms with E-state index in [0.717, 1.165) is 11.6 Å². The first-order valence-electron chi connectivity index (χ1n) is 7.46. The number of carbonyl (C=O) groups excluding carboxylic acids is 1. The van der Waals surface area contributed by atoms with E-state index >= 15 is 0 Å². The third-order valence-corrected chi connectivity index (χ3v) is 4.85. The number of amides is 1. The highest BCUT2D eigenvalue weighted by atomic mass is 35.5. The minimum Gasteiger partial charge on any atom is -0.444 e. The second-order valence-electron chi connectivity index (χ2n) is 7.01. The lowest BCUT2D eigenvalue weighted by molar-refractivity contribution is 0.0503. The van der Waals surface area contributed by atoms with Crippen LogP contribution in [0.25, 0.3) is 0 Å². The number of hydrogen-bond donors (Lipinski definition) is 2. The molecule has 1 aromatic rings. The SMILES string of the molecule is CC(C)C(C)(CNC(=O)OC(C)(C)C)NCc1cc(Cl)cs1. The van der Waals surface area contributed by atoms with Gasteiger partial charge in [0.05, 0.1) is 5.02 Å². The van der Waals surface area contributed by atoms with E-state index in [9.17, 15) is 4.79 Å². The van der Waals surface area contributed by atoms with E-state index in [-0.39, 0.29) is 11.6 Å². The molecule has 1 amide bonds. The first-order chi connectivity index (χ1) is 10.0. The molecule has 0 aliphatic heterocycles. The van der Waals surface area contributed by atoms with Gasteiger partial charge in [-0.15, -0.1) is 11.3 Å². The Bertz CT molecular complexity index is 497. The normalized spacial score (nSPS) is 14.7. The molecule has 1 unspecified atom stereocenters. The van der Waals surface area contributed by atoms with E-state index in [0.29, 0.717) is 12.5 Å². The van der Waals surface area contributed by atoms with Gasteiger partial charge < -0.3 is 15.4 Å². The zero-order chi connectivity index (χ0) is 17.0. The summed E-state index contributed by atoms with van der Waals surface area (Å²) in [6.07, 6.45) is -0.389. The van der Waals surface area contributed by atoms with Crippen LogP contribution in [0.4, 0.5) is 4.79 Å². The number of rotatable bonds is 6. The van der Waals surface area contributed by atoms with Gasteiger partial charge in [0.15, 0.2) is 0 Å². The highest BCUT2D eigenvalue weighted by Crippen LogP contribution is 2.22. The first kappa shape index (κ1) is 19.3. The number of alkyl carbamates (subject to hydrolysis) is 1. The zero-order valence-corrected chi connectivity index (χ0v) is 15.8. The fourth-order valence-electron chi connectivity index (χ4n) is 1.78. The molecule has 0 radical (unpaired) electrons. The average Bonchev–Trinajstić information content (AvgIpc) is 2.77. The lowest BCUT2D eigenvalue weighted by Crippen LogP contribution is -2.54. The van der Waals surface area contributed by atoms with Crippen molar-refractivity contribution in [2.75, 3.05) is 6.54 Å². The van der Waals surface area contributed by atoms with Gasteiger partial charge in [-0.1, -0.05) is 25.4 Å². The topological polar surface area (TPSA) is 50.4 Å². The molecule has 126 valence electrons. The molecule has 22 heavy (non-hydrogen) atoms. The molecule has 1 rings (SSSR count). The van der Waals surface area contributed by atoms with Crippen molar-refractivity contribution < 1.29 is 9.53 Å². The van der Waals surface area contributed by atoms with Gasteiger partial charge in [0.25, 0.3) is 0 Å². The third-order valence-electron chi connectivity index (χ3n) is 3.56. The van der Waals surface area contributed by atoms with Crippen molar-refractivity contribution in [2.24, 2.45) is 5.92 Å². The van der Waals surface area contributed by atoms with Crippen molar-refractivity contribution in [3.63, 3.8) is 0 Å². The Morgan fingerprint density at radius 2 is 2.00 bits per heavy atom. The summed E-state index contributed by atoms with van der Waals surface area (Å²) in [5.41, 5.74) is -0.715. The number of halogens is 1. The summed E-state index contributed by atoms with van der Waals surface area (Å²) in [6.45, 7) is 13.1. The minimum atomic E-state index is -0.487. The van der Waals surface area contributed by atoms with Gasteiger partial charge >= 0.3 is 6.09 Å². The molecule has 2 N–H and O–H groups in total. The van der Waals surface area contributed by atoms with Crippen LogP contribution < -0.4 is 10.6 Å². The Balaban J connectivity index is 2.57. The van der Waals surface area contributed by atoms with Crippen LogP contribution in [-0.2, 0) is 11.3 Å². The number of thiophene rings is 1. The number of ether oxygens (including phenoxy) is 1. The summed E-state index contributed by atoms with van der Waals surface area (Å²) in [4.78, 5) is 13.0. The molecule has 0 aromatic carbocycles. The smallest absolute Gasteiger partial charge is 0.407 e. The van der Waals surface area contributed by atoms with Crippen molar-refractivity contribution in [3.05, 3.63) is 21.3 Å². The van der Waals surface area contributed by atoms with Crippen LogP contribution in [0.2, 0.25) is 5.02 Å². The van der Waals surface area contributed by atoms with Gasteiger partial charge in [0.1, 0.15) is 5.60 Å². The molecule has 0 spiro atoms. The van der Waals surface area contributed by atoms with Crippen LogP contribution in [0, 0.1) is 5.92 Å². The van der Waals surface area contributed by atoms with E-state index in [4.69, 9.17) is 16.3 Å². The summed E-state index contributed by atoms with van der Waals surface area (Å²) in [6, 6.07) is 1.96. The Hall–Kier alpha value is -0.780. The molecule has 1 heterocycles. The first-order valence-corrected chi connectivity index (χ1v) is 8.72. The molecule has 4 nitrogen and oxygen atoms in total. The van der Waals surface area contributed by atoms with Crippen LogP contribution in [0.1, 0.15) is 46.4 Å². The molecule has 0 fully saturated rings. The zero-order valence-electron chi connectivity index (χ0n) is 14.2. The average molecular weight is 347 g/mol. The van der Waals surface area contributed by atoms with E-state index in [1.165, 1.54) is 4.88 Å². The molecule has 0 saturated carbocycles. The number of carbonyl (C=O) groups is 1. The molecule has 0 aliphatic carbocycles. The number of hydrogen-bond acceptors (Lipinski definition) is 4. The van der Waals surface area contributed by atoms with E-state index in [1.807, 2.05) is 32.2 Å². The van der Waals surface area contributed by atoms with Crippen LogP contribution in [0.5, 0.6) is 0 Å². The number of nitrogens with one attached hydrogen (secondary N) is 2. The summed E-state index contributed by atoms with van der Waals surface area (Å²) < 4.78 is 5.29. The Morgan fingerprint density at radius 3 is 2.45 bits per heavy atom. The van der Waals surface area contributed by atoms with Gasteiger partial charge in [-0.25, -0.2) is 4.79 Å². The largest absolute Gasteiger partial charge is 0.444 e. The highest BCUT2D eigenvalue weighted by Gasteiger charge is 2.29. The maximum atomic E-state index is 11.8. The molecular formula is C16H27ClN2O2S. The van der Waals surface area contributed by atoms with Gasteiger partial charge in [0.2, 0.25) is 0 Å². The second kappa shape index (κ2) is 7.66. The molecule has 6 heteroatoms. The molecule has 0 bridgehead atoms. The minimum absolute atomic E-state index is 0.229. The van der Waals surface area contributed by atoms with E-state index < -0.39 is 5.60 Å². The summed E-state index contributed by atoms with van der Waals surface area (Å²) in [5.74, 6) is 0.345. The maximum Gasteiger partial charge on any atom is 0.407 e. The van der Waals surface area contributed by atoms with E-state index in [2.05, 4.69) is 31.4 Å². The van der Waals surface area contributed by atoms with E-state index in [1.54, 1.807) is 11.3 Å². The van der Waals surface area contributed by atoms with Crippen molar-refractivity contribution >= 4 is 29.0 Å². The van der Waals surface area contributed by atoms with Crippen molar-refractivity contribution in [1.82, 2.24) is 10.6 Å². The van der Waals surface area contributed by atoms with Gasteiger partial charge in [-0.2, -0.15) is 0 Å². The molecule has 1 atom stereocenters. The van der Waals surface area contributed by atoms with Gasteiger partial charge in [-0.05, 0) is 39.7 Å². The van der Waals surface area contributed by atoms with Crippen LogP contribution in [0.15, 0.2) is 11.4 Å². The summed E-state index contributed by atoms with van der Waals surface area (Å²) in [5, 5.41) is 9.07. The van der Waals surface area contributed by atoms with Crippen molar-refractivity contribution in [3.8, 4) is 0 Å². The van der Waals surface area contributed by atoms with Crippen LogP contribution in [0.3, 0.4) is 0 Å². The highest BCUT2D eigenvalue weighted by molar-refractivity contribution is 7.10. The Labute approximate surface area is 142 Å². The predicted octanol–water partition coefficient (Wildman–Crippen LogP) is 4.43. The molecule has 1 aromatic heterocycles. The predicted molar refractivity (Wildman–Crippen MR) is 93.6 cm³/mol. The van der Waals surface area contributed by atoms with Gasteiger partial charge in [0, 0.05) is 28.9 Å². The fourth-order valence-corrected chi connectivity index (χ4v) is 2.79.